The maximum Gasteiger partial charge on any atom is 0.0617 e. The Bertz CT molecular complexity index is 212. The van der Waals surface area contributed by atoms with Crippen molar-refractivity contribution in [1.82, 2.24) is 5.01 Å². The summed E-state index contributed by atoms with van der Waals surface area (Å²) in [6.45, 7) is 14.3. The van der Waals surface area contributed by atoms with Gasteiger partial charge >= 0.3 is 0 Å². The van der Waals surface area contributed by atoms with Crippen LogP contribution in [0, 0.1) is 11.8 Å². The molecule has 19 heavy (non-hydrogen) atoms. The van der Waals surface area contributed by atoms with Gasteiger partial charge in [-0.25, -0.2) is 0 Å². The third-order valence-electron chi connectivity index (χ3n) is 3.16. The van der Waals surface area contributed by atoms with E-state index in [0.29, 0.717) is 0 Å². The standard InChI is InChI=1S/C16H35N3/c1-6-12-17-18-19(14-9-11-16(4)5)13-8-7-10-15(2)3/h15-16H,6-14H2,1-5H3/b18-17-. The third kappa shape index (κ3) is 13.6. The van der Waals surface area contributed by atoms with Crippen molar-refractivity contribution in [3.63, 3.8) is 0 Å². The molecule has 0 aromatic rings. The van der Waals surface area contributed by atoms with Gasteiger partial charge in [-0.2, -0.15) is 5.11 Å². The molecule has 0 aliphatic heterocycles. The van der Waals surface area contributed by atoms with Crippen LogP contribution >= 0.6 is 0 Å². The van der Waals surface area contributed by atoms with Gasteiger partial charge in [-0.05, 0) is 37.5 Å². The molecule has 0 aliphatic carbocycles. The average Bonchev–Trinajstić information content (AvgIpc) is 2.33. The molecule has 0 heterocycles. The van der Waals surface area contributed by atoms with Crippen LogP contribution in [0.2, 0.25) is 0 Å². The van der Waals surface area contributed by atoms with E-state index in [1.165, 1.54) is 32.1 Å². The first kappa shape index (κ1) is 18.4. The monoisotopic (exact) mass is 269 g/mol. The average molecular weight is 269 g/mol. The van der Waals surface area contributed by atoms with Crippen molar-refractivity contribution < 1.29 is 0 Å². The van der Waals surface area contributed by atoms with Crippen LogP contribution in [0.5, 0.6) is 0 Å². The summed E-state index contributed by atoms with van der Waals surface area (Å²) >= 11 is 0. The molecular weight excluding hydrogens is 234 g/mol. The summed E-state index contributed by atoms with van der Waals surface area (Å²) in [7, 11) is 0. The van der Waals surface area contributed by atoms with E-state index in [4.69, 9.17) is 0 Å². The molecule has 0 amide bonds. The SMILES string of the molecule is CCC/N=N\N(CCCCC(C)C)CCCC(C)C. The maximum atomic E-state index is 4.39. The van der Waals surface area contributed by atoms with Crippen LogP contribution in [0.4, 0.5) is 0 Å². The lowest BCUT2D eigenvalue weighted by Crippen LogP contribution is -2.20. The Balaban J connectivity index is 3.89. The smallest absolute Gasteiger partial charge is 0.0617 e. The summed E-state index contributed by atoms with van der Waals surface area (Å²) in [4.78, 5) is 0. The number of hydrogen-bond acceptors (Lipinski definition) is 2. The van der Waals surface area contributed by atoms with Crippen LogP contribution in [-0.4, -0.2) is 24.6 Å². The van der Waals surface area contributed by atoms with Gasteiger partial charge in [0.2, 0.25) is 0 Å². The Morgan fingerprint density at radius 2 is 1.42 bits per heavy atom. The molecule has 0 N–H and O–H groups in total. The molecule has 0 unspecified atom stereocenters. The summed E-state index contributed by atoms with van der Waals surface area (Å²) in [5, 5.41) is 10.8. The molecule has 3 heteroatoms. The number of unbranched alkanes of at least 4 members (excludes halogenated alkanes) is 1. The van der Waals surface area contributed by atoms with E-state index in [1.54, 1.807) is 0 Å². The summed E-state index contributed by atoms with van der Waals surface area (Å²) in [6, 6.07) is 0. The van der Waals surface area contributed by atoms with Gasteiger partial charge in [0.1, 0.15) is 0 Å². The molecule has 0 bridgehead atoms. The Morgan fingerprint density at radius 3 is 2.00 bits per heavy atom. The molecule has 0 aromatic carbocycles. The van der Waals surface area contributed by atoms with Crippen molar-refractivity contribution in [2.24, 2.45) is 22.2 Å². The molecular formula is C16H35N3. The number of nitrogens with zero attached hydrogens (tertiary/aromatic N) is 3. The Morgan fingerprint density at radius 1 is 0.842 bits per heavy atom. The topological polar surface area (TPSA) is 28.0 Å². The molecule has 0 rings (SSSR count). The van der Waals surface area contributed by atoms with E-state index in [0.717, 1.165) is 37.9 Å². The lowest BCUT2D eigenvalue weighted by molar-refractivity contribution is 0.247. The van der Waals surface area contributed by atoms with Gasteiger partial charge in [0, 0.05) is 13.1 Å². The van der Waals surface area contributed by atoms with Gasteiger partial charge in [-0.15, -0.1) is 0 Å². The summed E-state index contributed by atoms with van der Waals surface area (Å²) in [6.07, 6.45) is 7.47. The zero-order valence-corrected chi connectivity index (χ0v) is 13.9. The molecule has 0 atom stereocenters. The minimum absolute atomic E-state index is 0.787. The molecule has 0 spiro atoms. The molecule has 114 valence electrons. The zero-order chi connectivity index (χ0) is 14.5. The second-order valence-electron chi connectivity index (χ2n) is 6.33. The summed E-state index contributed by atoms with van der Waals surface area (Å²) in [5.74, 6) is 1.60. The van der Waals surface area contributed by atoms with Gasteiger partial charge < -0.3 is 0 Å². The van der Waals surface area contributed by atoms with Gasteiger partial charge in [-0.3, -0.25) is 5.01 Å². The van der Waals surface area contributed by atoms with Crippen LogP contribution in [0.1, 0.15) is 73.1 Å². The first-order chi connectivity index (χ1) is 9.06. The van der Waals surface area contributed by atoms with Crippen molar-refractivity contribution in [3.8, 4) is 0 Å². The number of rotatable bonds is 12. The first-order valence-corrected chi connectivity index (χ1v) is 8.18. The Hall–Kier alpha value is -0.600. The van der Waals surface area contributed by atoms with E-state index < -0.39 is 0 Å². The van der Waals surface area contributed by atoms with Gasteiger partial charge in [-0.1, -0.05) is 52.7 Å². The molecule has 0 radical (unpaired) electrons. The normalized spacial score (nSPS) is 11.9. The lowest BCUT2D eigenvalue weighted by Gasteiger charge is -2.18. The molecule has 0 saturated carbocycles. The van der Waals surface area contributed by atoms with Gasteiger partial charge in [0.15, 0.2) is 0 Å². The van der Waals surface area contributed by atoms with Crippen molar-refractivity contribution in [3.05, 3.63) is 0 Å². The highest BCUT2D eigenvalue weighted by atomic mass is 15.5. The highest BCUT2D eigenvalue weighted by Gasteiger charge is 2.03. The molecule has 0 aliphatic rings. The van der Waals surface area contributed by atoms with E-state index >= 15 is 0 Å². The molecule has 0 fully saturated rings. The predicted molar refractivity (Wildman–Crippen MR) is 84.3 cm³/mol. The van der Waals surface area contributed by atoms with Gasteiger partial charge in [0.05, 0.1) is 6.54 Å². The van der Waals surface area contributed by atoms with Crippen molar-refractivity contribution in [1.29, 1.82) is 0 Å². The highest BCUT2D eigenvalue weighted by Crippen LogP contribution is 2.09. The Labute approximate surface area is 120 Å². The van der Waals surface area contributed by atoms with Crippen LogP contribution in [0.3, 0.4) is 0 Å². The fourth-order valence-electron chi connectivity index (χ4n) is 1.96. The molecule has 0 aromatic heterocycles. The van der Waals surface area contributed by atoms with Crippen LogP contribution < -0.4 is 0 Å². The second-order valence-corrected chi connectivity index (χ2v) is 6.33. The fourth-order valence-corrected chi connectivity index (χ4v) is 1.96. The Kier molecular flexibility index (Phi) is 12.0. The van der Waals surface area contributed by atoms with Crippen LogP contribution in [0.15, 0.2) is 10.3 Å². The van der Waals surface area contributed by atoms with E-state index in [1.807, 2.05) is 0 Å². The largest absolute Gasteiger partial charge is 0.279 e. The lowest BCUT2D eigenvalue weighted by atomic mass is 10.1. The van der Waals surface area contributed by atoms with E-state index in [2.05, 4.69) is 50.0 Å². The van der Waals surface area contributed by atoms with Crippen molar-refractivity contribution in [2.75, 3.05) is 19.6 Å². The molecule has 0 saturated heterocycles. The quantitative estimate of drug-likeness (QED) is 0.267. The van der Waals surface area contributed by atoms with Gasteiger partial charge in [0.25, 0.3) is 0 Å². The minimum atomic E-state index is 0.787. The zero-order valence-electron chi connectivity index (χ0n) is 13.9. The minimum Gasteiger partial charge on any atom is -0.279 e. The summed E-state index contributed by atoms with van der Waals surface area (Å²) < 4.78 is 0. The van der Waals surface area contributed by atoms with Crippen molar-refractivity contribution in [2.45, 2.75) is 73.1 Å². The fraction of sp³-hybridized carbons (Fsp3) is 1.00. The van der Waals surface area contributed by atoms with E-state index in [9.17, 15) is 0 Å². The third-order valence-corrected chi connectivity index (χ3v) is 3.16. The van der Waals surface area contributed by atoms with E-state index in [-0.39, 0.29) is 0 Å². The second kappa shape index (κ2) is 12.4. The van der Waals surface area contributed by atoms with Crippen molar-refractivity contribution >= 4 is 0 Å². The number of hydrogen-bond donors (Lipinski definition) is 0. The van der Waals surface area contributed by atoms with Crippen LogP contribution in [-0.2, 0) is 0 Å². The predicted octanol–water partition coefficient (Wildman–Crippen LogP) is 5.33. The maximum absolute atomic E-state index is 4.39. The molecule has 3 nitrogen and oxygen atoms in total. The summed E-state index contributed by atoms with van der Waals surface area (Å²) in [5.41, 5.74) is 0. The van der Waals surface area contributed by atoms with Crippen LogP contribution in [0.25, 0.3) is 0 Å². The highest BCUT2D eigenvalue weighted by molar-refractivity contribution is 4.56. The first-order valence-electron chi connectivity index (χ1n) is 8.18.